The van der Waals surface area contributed by atoms with Crippen LogP contribution in [-0.2, 0) is 19.1 Å². The van der Waals surface area contributed by atoms with Gasteiger partial charge in [-0.25, -0.2) is 9.80 Å². The van der Waals surface area contributed by atoms with Crippen molar-refractivity contribution in [2.24, 2.45) is 0 Å². The van der Waals surface area contributed by atoms with Gasteiger partial charge in [0.25, 0.3) is 11.8 Å². The number of para-hydroxylation sites is 1. The van der Waals surface area contributed by atoms with Crippen LogP contribution >= 0.6 is 27.5 Å². The number of amides is 2. The SMILES string of the molecule is COC(=O)COc1c(OC)cc(/C=C2/C(=O)NN(c3ccccc3)C2=O)c(Br)c1Cl. The van der Waals surface area contributed by atoms with Gasteiger partial charge in [-0.1, -0.05) is 29.8 Å². The first kappa shape index (κ1) is 21.7. The number of carbonyl (C=O) groups excluding carboxylic acids is 3. The van der Waals surface area contributed by atoms with E-state index < -0.39 is 17.8 Å². The van der Waals surface area contributed by atoms with Gasteiger partial charge in [0.05, 0.1) is 19.9 Å². The van der Waals surface area contributed by atoms with Crippen LogP contribution in [0.25, 0.3) is 6.08 Å². The third-order valence-electron chi connectivity index (χ3n) is 4.14. The summed E-state index contributed by atoms with van der Waals surface area (Å²) in [4.78, 5) is 36.5. The summed E-state index contributed by atoms with van der Waals surface area (Å²) in [6.07, 6.45) is 1.39. The van der Waals surface area contributed by atoms with Crippen LogP contribution in [0.3, 0.4) is 0 Å². The number of anilines is 1. The molecule has 1 heterocycles. The van der Waals surface area contributed by atoms with E-state index >= 15 is 0 Å². The van der Waals surface area contributed by atoms with Crippen LogP contribution < -0.4 is 19.9 Å². The zero-order valence-electron chi connectivity index (χ0n) is 15.9. The van der Waals surface area contributed by atoms with Crippen LogP contribution in [-0.4, -0.2) is 38.6 Å². The molecule has 2 aromatic carbocycles. The number of rotatable bonds is 6. The van der Waals surface area contributed by atoms with Gasteiger partial charge in [0.15, 0.2) is 18.1 Å². The van der Waals surface area contributed by atoms with E-state index in [1.807, 2.05) is 0 Å². The van der Waals surface area contributed by atoms with Gasteiger partial charge in [-0.15, -0.1) is 0 Å². The van der Waals surface area contributed by atoms with Crippen LogP contribution in [0.15, 0.2) is 46.4 Å². The van der Waals surface area contributed by atoms with Gasteiger partial charge in [0.2, 0.25) is 0 Å². The van der Waals surface area contributed by atoms with Gasteiger partial charge in [-0.3, -0.25) is 15.0 Å². The fraction of sp³-hybridized carbons (Fsp3) is 0.150. The van der Waals surface area contributed by atoms with Crippen molar-refractivity contribution in [3.8, 4) is 11.5 Å². The van der Waals surface area contributed by atoms with E-state index in [-0.39, 0.29) is 28.7 Å². The Morgan fingerprint density at radius 3 is 2.57 bits per heavy atom. The monoisotopic (exact) mass is 494 g/mol. The van der Waals surface area contributed by atoms with Crippen molar-refractivity contribution in [1.29, 1.82) is 0 Å². The Balaban J connectivity index is 1.97. The topological polar surface area (TPSA) is 94.2 Å². The summed E-state index contributed by atoms with van der Waals surface area (Å²) in [6, 6.07) is 10.2. The third-order valence-corrected chi connectivity index (χ3v) is 5.59. The van der Waals surface area contributed by atoms with E-state index in [0.29, 0.717) is 15.7 Å². The molecule has 1 aliphatic heterocycles. The Morgan fingerprint density at radius 1 is 1.23 bits per heavy atom. The van der Waals surface area contributed by atoms with Gasteiger partial charge in [-0.2, -0.15) is 0 Å². The van der Waals surface area contributed by atoms with E-state index in [9.17, 15) is 14.4 Å². The predicted octanol–water partition coefficient (Wildman–Crippen LogP) is 3.12. The number of nitrogens with one attached hydrogen (secondary N) is 1. The lowest BCUT2D eigenvalue weighted by Crippen LogP contribution is -2.35. The molecule has 0 aliphatic carbocycles. The molecule has 0 radical (unpaired) electrons. The van der Waals surface area contributed by atoms with Crippen molar-refractivity contribution >= 4 is 57.1 Å². The quantitative estimate of drug-likeness (QED) is 0.376. The summed E-state index contributed by atoms with van der Waals surface area (Å²) in [5.41, 5.74) is 3.38. The molecule has 30 heavy (non-hydrogen) atoms. The maximum atomic E-state index is 12.8. The molecule has 1 aliphatic rings. The molecule has 2 amide bonds. The highest BCUT2D eigenvalue weighted by Crippen LogP contribution is 2.43. The second-order valence-corrected chi connectivity index (χ2v) is 7.14. The number of halogens is 2. The maximum absolute atomic E-state index is 12.8. The van der Waals surface area contributed by atoms with Crippen molar-refractivity contribution in [1.82, 2.24) is 5.43 Å². The molecule has 0 bridgehead atoms. The highest BCUT2D eigenvalue weighted by Gasteiger charge is 2.34. The number of nitrogens with zero attached hydrogens (tertiary/aromatic N) is 1. The molecule has 0 aromatic heterocycles. The van der Waals surface area contributed by atoms with E-state index in [0.717, 1.165) is 5.01 Å². The first-order valence-corrected chi connectivity index (χ1v) is 9.72. The highest BCUT2D eigenvalue weighted by atomic mass is 79.9. The third kappa shape index (κ3) is 4.27. The molecule has 156 valence electrons. The summed E-state index contributed by atoms with van der Waals surface area (Å²) in [6.45, 7) is -0.369. The van der Waals surface area contributed by atoms with Gasteiger partial charge >= 0.3 is 5.97 Å². The number of benzene rings is 2. The van der Waals surface area contributed by atoms with Crippen LogP contribution in [0.5, 0.6) is 11.5 Å². The zero-order valence-corrected chi connectivity index (χ0v) is 18.2. The number of hydrogen-bond donors (Lipinski definition) is 1. The molecule has 8 nitrogen and oxygen atoms in total. The van der Waals surface area contributed by atoms with Gasteiger partial charge in [-0.05, 0) is 45.8 Å². The summed E-state index contributed by atoms with van der Waals surface area (Å²) >= 11 is 9.70. The van der Waals surface area contributed by atoms with Gasteiger partial charge in [0, 0.05) is 4.47 Å². The summed E-state index contributed by atoms with van der Waals surface area (Å²) in [7, 11) is 2.63. The summed E-state index contributed by atoms with van der Waals surface area (Å²) in [5, 5.41) is 1.27. The molecule has 1 saturated heterocycles. The van der Waals surface area contributed by atoms with E-state index in [1.165, 1.54) is 26.4 Å². The molecular weight excluding hydrogens is 480 g/mol. The van der Waals surface area contributed by atoms with Crippen LogP contribution in [0.1, 0.15) is 5.56 Å². The van der Waals surface area contributed by atoms with Crippen molar-refractivity contribution in [2.45, 2.75) is 0 Å². The Bertz CT molecular complexity index is 1040. The normalized spacial score (nSPS) is 14.7. The van der Waals surface area contributed by atoms with Gasteiger partial charge < -0.3 is 14.2 Å². The lowest BCUT2D eigenvalue weighted by atomic mass is 10.1. The fourth-order valence-corrected chi connectivity index (χ4v) is 3.32. The van der Waals surface area contributed by atoms with Crippen molar-refractivity contribution in [3.05, 3.63) is 57.0 Å². The maximum Gasteiger partial charge on any atom is 0.343 e. The molecule has 1 fully saturated rings. The zero-order chi connectivity index (χ0) is 21.8. The van der Waals surface area contributed by atoms with Gasteiger partial charge in [0.1, 0.15) is 10.6 Å². The second kappa shape index (κ2) is 9.19. The fourth-order valence-electron chi connectivity index (χ4n) is 2.66. The molecule has 1 N–H and O–H groups in total. The van der Waals surface area contributed by atoms with Crippen molar-refractivity contribution < 1.29 is 28.6 Å². The first-order chi connectivity index (χ1) is 14.4. The van der Waals surface area contributed by atoms with Crippen molar-refractivity contribution in [2.75, 3.05) is 25.8 Å². The number of esters is 1. The highest BCUT2D eigenvalue weighted by molar-refractivity contribution is 9.10. The number of hydrogen-bond acceptors (Lipinski definition) is 6. The minimum absolute atomic E-state index is 0.0825. The molecule has 10 heteroatoms. The standard InChI is InChI=1S/C20H16BrClN2O6/c1-28-14-9-11(16(21)17(22)18(14)30-10-15(25)29-2)8-13-19(26)23-24(20(13)27)12-6-4-3-5-7-12/h3-9H,10H2,1-2H3,(H,23,26)/b13-8-. The number of carbonyl (C=O) groups is 3. The minimum Gasteiger partial charge on any atom is -0.493 e. The second-order valence-electron chi connectivity index (χ2n) is 5.97. The lowest BCUT2D eigenvalue weighted by molar-refractivity contribution is -0.143. The number of methoxy groups -OCH3 is 2. The predicted molar refractivity (Wildman–Crippen MR) is 113 cm³/mol. The number of ether oxygens (including phenoxy) is 3. The number of hydrazine groups is 1. The average molecular weight is 496 g/mol. The van der Waals surface area contributed by atoms with E-state index in [4.69, 9.17) is 21.1 Å². The van der Waals surface area contributed by atoms with Crippen LogP contribution in [0.4, 0.5) is 5.69 Å². The Morgan fingerprint density at radius 2 is 1.93 bits per heavy atom. The molecule has 0 saturated carbocycles. The van der Waals surface area contributed by atoms with E-state index in [1.54, 1.807) is 30.3 Å². The minimum atomic E-state index is -0.593. The Hall–Kier alpha value is -3.04. The van der Waals surface area contributed by atoms with Crippen molar-refractivity contribution in [3.63, 3.8) is 0 Å². The first-order valence-electron chi connectivity index (χ1n) is 8.55. The lowest BCUT2D eigenvalue weighted by Gasteiger charge is -2.15. The Kier molecular flexibility index (Phi) is 6.63. The van der Waals surface area contributed by atoms with Crippen LogP contribution in [0.2, 0.25) is 5.02 Å². The molecule has 0 spiro atoms. The van der Waals surface area contributed by atoms with E-state index in [2.05, 4.69) is 26.1 Å². The molecule has 0 atom stereocenters. The molecule has 3 rings (SSSR count). The van der Waals surface area contributed by atoms with Crippen LogP contribution in [0, 0.1) is 0 Å². The molecule has 0 unspecified atom stereocenters. The largest absolute Gasteiger partial charge is 0.493 e. The Labute approximate surface area is 185 Å². The average Bonchev–Trinajstić information content (AvgIpc) is 3.04. The summed E-state index contributed by atoms with van der Waals surface area (Å²) in [5.74, 6) is -1.34. The molecule has 2 aromatic rings. The smallest absolute Gasteiger partial charge is 0.343 e. The summed E-state index contributed by atoms with van der Waals surface area (Å²) < 4.78 is 15.6. The molecular formula is C20H16BrClN2O6.